The van der Waals surface area contributed by atoms with E-state index >= 15 is 0 Å². The number of imidazole rings is 1. The number of hydrogen-bond donors (Lipinski definition) is 1. The van der Waals surface area contributed by atoms with Crippen molar-refractivity contribution < 1.29 is 14.6 Å². The Hall–Kier alpha value is -1.36. The fraction of sp³-hybridized carbons (Fsp3) is 0.600. The number of carbonyl (C=O) groups is 1. The van der Waals surface area contributed by atoms with Crippen LogP contribution in [0.3, 0.4) is 0 Å². The Morgan fingerprint density at radius 3 is 2.87 bits per heavy atom. The zero-order chi connectivity index (χ0) is 10.8. The van der Waals surface area contributed by atoms with Crippen LogP contribution in [0.5, 0.6) is 0 Å². The van der Waals surface area contributed by atoms with Gasteiger partial charge in [0.2, 0.25) is 0 Å². The van der Waals surface area contributed by atoms with E-state index in [-0.39, 0.29) is 11.6 Å². The predicted octanol–water partition coefficient (Wildman–Crippen LogP) is 1.01. The van der Waals surface area contributed by atoms with E-state index in [1.807, 2.05) is 7.05 Å². The van der Waals surface area contributed by atoms with Crippen LogP contribution in [0.4, 0.5) is 0 Å². The molecular formula is C10H14N2O3. The Bertz CT molecular complexity index is 367. The molecule has 0 aliphatic carbocycles. The molecule has 1 aliphatic rings. The summed E-state index contributed by atoms with van der Waals surface area (Å²) < 4.78 is 7.07. The molecule has 1 aromatic heterocycles. The molecule has 0 radical (unpaired) electrons. The summed E-state index contributed by atoms with van der Waals surface area (Å²) in [6, 6.07) is 0. The highest BCUT2D eigenvalue weighted by molar-refractivity contribution is 5.86. The zero-order valence-corrected chi connectivity index (χ0v) is 8.64. The molecule has 0 amide bonds. The van der Waals surface area contributed by atoms with Crippen LogP contribution in [-0.4, -0.2) is 33.8 Å². The van der Waals surface area contributed by atoms with Crippen molar-refractivity contribution in [1.29, 1.82) is 0 Å². The van der Waals surface area contributed by atoms with E-state index in [0.29, 0.717) is 13.2 Å². The summed E-state index contributed by atoms with van der Waals surface area (Å²) in [6.45, 7) is 1.41. The lowest BCUT2D eigenvalue weighted by molar-refractivity contribution is 0.0677. The fourth-order valence-corrected chi connectivity index (χ4v) is 2.06. The molecule has 1 aliphatic heterocycles. The molecule has 0 spiro atoms. The Labute approximate surface area is 87.7 Å². The zero-order valence-electron chi connectivity index (χ0n) is 8.64. The summed E-state index contributed by atoms with van der Waals surface area (Å²) in [7, 11) is 1.84. The highest BCUT2D eigenvalue weighted by Gasteiger charge is 2.25. The molecule has 2 rings (SSSR count). The summed E-state index contributed by atoms with van der Waals surface area (Å²) in [5, 5.41) is 9.00. The van der Waals surface area contributed by atoms with Gasteiger partial charge in [0.05, 0.1) is 12.0 Å². The van der Waals surface area contributed by atoms with Crippen LogP contribution in [0.2, 0.25) is 0 Å². The first-order valence-corrected chi connectivity index (χ1v) is 5.02. The maximum Gasteiger partial charge on any atom is 0.356 e. The number of carboxylic acid groups (broad SMARTS) is 1. The van der Waals surface area contributed by atoms with Gasteiger partial charge in [0, 0.05) is 26.2 Å². The Morgan fingerprint density at radius 2 is 2.27 bits per heavy atom. The summed E-state index contributed by atoms with van der Waals surface area (Å²) in [5.41, 5.74) is 1.01. The van der Waals surface area contributed by atoms with Crippen LogP contribution < -0.4 is 0 Å². The molecule has 5 heteroatoms. The lowest BCUT2D eigenvalue weighted by Crippen LogP contribution is -2.18. The third-order valence-electron chi connectivity index (χ3n) is 2.79. The van der Waals surface area contributed by atoms with Crippen LogP contribution in [0.15, 0.2) is 6.33 Å². The van der Waals surface area contributed by atoms with Gasteiger partial charge in [-0.25, -0.2) is 9.78 Å². The molecule has 15 heavy (non-hydrogen) atoms. The van der Waals surface area contributed by atoms with Crippen LogP contribution in [0.25, 0.3) is 0 Å². The largest absolute Gasteiger partial charge is 0.476 e. The van der Waals surface area contributed by atoms with E-state index in [1.54, 1.807) is 10.9 Å². The Balaban J connectivity index is 2.32. The van der Waals surface area contributed by atoms with Crippen molar-refractivity contribution in [1.82, 2.24) is 9.55 Å². The van der Waals surface area contributed by atoms with Gasteiger partial charge in [-0.1, -0.05) is 0 Å². The number of rotatable bonds is 2. The molecule has 0 unspecified atom stereocenters. The van der Waals surface area contributed by atoms with Crippen molar-refractivity contribution in [3.05, 3.63) is 17.7 Å². The van der Waals surface area contributed by atoms with E-state index in [9.17, 15) is 4.79 Å². The number of hydrogen-bond acceptors (Lipinski definition) is 3. The van der Waals surface area contributed by atoms with Gasteiger partial charge in [-0.15, -0.1) is 0 Å². The van der Waals surface area contributed by atoms with Gasteiger partial charge in [-0.05, 0) is 12.8 Å². The smallest absolute Gasteiger partial charge is 0.356 e. The minimum Gasteiger partial charge on any atom is -0.476 e. The second-order valence-corrected chi connectivity index (χ2v) is 3.78. The molecule has 2 heterocycles. The molecule has 1 N–H and O–H groups in total. The Kier molecular flexibility index (Phi) is 2.73. The maximum absolute atomic E-state index is 11.0. The van der Waals surface area contributed by atoms with E-state index < -0.39 is 5.97 Å². The third-order valence-corrected chi connectivity index (χ3v) is 2.79. The molecule has 1 saturated heterocycles. The molecule has 0 atom stereocenters. The third kappa shape index (κ3) is 1.87. The van der Waals surface area contributed by atoms with Gasteiger partial charge in [-0.3, -0.25) is 0 Å². The highest BCUT2D eigenvalue weighted by Crippen LogP contribution is 2.28. The van der Waals surface area contributed by atoms with Crippen LogP contribution in [-0.2, 0) is 11.8 Å². The van der Waals surface area contributed by atoms with Crippen LogP contribution >= 0.6 is 0 Å². The maximum atomic E-state index is 11.0. The number of aromatic carboxylic acids is 1. The minimum absolute atomic E-state index is 0.185. The van der Waals surface area contributed by atoms with Gasteiger partial charge in [0.15, 0.2) is 5.69 Å². The first-order valence-electron chi connectivity index (χ1n) is 5.02. The van der Waals surface area contributed by atoms with E-state index in [0.717, 1.165) is 18.5 Å². The molecule has 82 valence electrons. The van der Waals surface area contributed by atoms with E-state index in [4.69, 9.17) is 9.84 Å². The highest BCUT2D eigenvalue weighted by atomic mass is 16.5. The quantitative estimate of drug-likeness (QED) is 0.791. The lowest BCUT2D eigenvalue weighted by atomic mass is 9.95. The van der Waals surface area contributed by atoms with Crippen LogP contribution in [0, 0.1) is 0 Å². The van der Waals surface area contributed by atoms with Crippen molar-refractivity contribution in [2.24, 2.45) is 7.05 Å². The number of carboxylic acids is 1. The monoisotopic (exact) mass is 210 g/mol. The van der Waals surface area contributed by atoms with Crippen molar-refractivity contribution in [2.75, 3.05) is 13.2 Å². The second kappa shape index (κ2) is 4.02. The first kappa shape index (κ1) is 10.2. The predicted molar refractivity (Wildman–Crippen MR) is 53.0 cm³/mol. The van der Waals surface area contributed by atoms with Crippen molar-refractivity contribution in [3.8, 4) is 0 Å². The topological polar surface area (TPSA) is 64.4 Å². The van der Waals surface area contributed by atoms with Crippen LogP contribution in [0.1, 0.15) is 34.9 Å². The first-order chi connectivity index (χ1) is 7.20. The Morgan fingerprint density at radius 1 is 1.60 bits per heavy atom. The molecular weight excluding hydrogens is 196 g/mol. The van der Waals surface area contributed by atoms with Crippen molar-refractivity contribution in [3.63, 3.8) is 0 Å². The summed E-state index contributed by atoms with van der Waals surface area (Å²) in [5.74, 6) is -0.686. The summed E-state index contributed by atoms with van der Waals surface area (Å²) in [4.78, 5) is 14.9. The lowest BCUT2D eigenvalue weighted by Gasteiger charge is -2.22. The van der Waals surface area contributed by atoms with E-state index in [1.165, 1.54) is 0 Å². The molecule has 0 saturated carbocycles. The number of ether oxygens (including phenoxy) is 1. The van der Waals surface area contributed by atoms with Gasteiger partial charge in [-0.2, -0.15) is 0 Å². The summed E-state index contributed by atoms with van der Waals surface area (Å²) >= 11 is 0. The molecule has 0 aromatic carbocycles. The number of aryl methyl sites for hydroxylation is 1. The minimum atomic E-state index is -0.947. The fourth-order valence-electron chi connectivity index (χ4n) is 2.06. The second-order valence-electron chi connectivity index (χ2n) is 3.78. The van der Waals surface area contributed by atoms with Crippen molar-refractivity contribution >= 4 is 5.97 Å². The molecule has 1 fully saturated rings. The molecule has 1 aromatic rings. The standard InChI is InChI=1S/C10H14N2O3/c1-12-6-11-8(10(13)14)9(12)7-2-4-15-5-3-7/h6-7H,2-5H2,1H3,(H,13,14). The van der Waals surface area contributed by atoms with Gasteiger partial charge in [0.25, 0.3) is 0 Å². The van der Waals surface area contributed by atoms with Crippen molar-refractivity contribution in [2.45, 2.75) is 18.8 Å². The van der Waals surface area contributed by atoms with E-state index in [2.05, 4.69) is 4.98 Å². The molecule has 5 nitrogen and oxygen atoms in total. The normalized spacial score (nSPS) is 17.9. The molecule has 0 bridgehead atoms. The van der Waals surface area contributed by atoms with Gasteiger partial charge >= 0.3 is 5.97 Å². The average molecular weight is 210 g/mol. The average Bonchev–Trinajstić information content (AvgIpc) is 2.61. The summed E-state index contributed by atoms with van der Waals surface area (Å²) in [6.07, 6.45) is 3.31. The number of aromatic nitrogens is 2. The van der Waals surface area contributed by atoms with Gasteiger partial charge in [0.1, 0.15) is 0 Å². The van der Waals surface area contributed by atoms with Gasteiger partial charge < -0.3 is 14.4 Å². The SMILES string of the molecule is Cn1cnc(C(=O)O)c1C1CCOCC1. The number of nitrogens with zero attached hydrogens (tertiary/aromatic N) is 2.